The molecule has 0 spiro atoms. The van der Waals surface area contributed by atoms with Gasteiger partial charge in [-0.1, -0.05) is 31.2 Å². The summed E-state index contributed by atoms with van der Waals surface area (Å²) in [4.78, 5) is 16.2. The first-order chi connectivity index (χ1) is 13.1. The number of hydrogen-bond donors (Lipinski definition) is 3. The summed E-state index contributed by atoms with van der Waals surface area (Å²) >= 11 is 0. The van der Waals surface area contributed by atoms with Gasteiger partial charge >= 0.3 is 0 Å². The van der Waals surface area contributed by atoms with Crippen molar-refractivity contribution in [3.05, 3.63) is 65.5 Å². The highest BCUT2D eigenvalue weighted by Crippen LogP contribution is 2.11. The van der Waals surface area contributed by atoms with E-state index in [0.717, 1.165) is 29.8 Å². The first kappa shape index (κ1) is 20.4. The van der Waals surface area contributed by atoms with E-state index in [4.69, 9.17) is 0 Å². The lowest BCUT2D eigenvalue weighted by Gasteiger charge is -2.12. The summed E-state index contributed by atoms with van der Waals surface area (Å²) in [6, 6.07) is 14.1. The Morgan fingerprint density at radius 2 is 1.81 bits per heavy atom. The van der Waals surface area contributed by atoms with E-state index in [1.54, 1.807) is 6.07 Å². The van der Waals surface area contributed by atoms with Gasteiger partial charge in [0.15, 0.2) is 5.96 Å². The van der Waals surface area contributed by atoms with E-state index in [1.807, 2.05) is 44.2 Å². The molecule has 0 aromatic heterocycles. The average molecular weight is 370 g/mol. The number of hydrogen-bond acceptors (Lipinski definition) is 2. The van der Waals surface area contributed by atoms with Crippen LogP contribution in [0.15, 0.2) is 53.5 Å². The number of anilines is 1. The number of nitrogens with zero attached hydrogens (tertiary/aromatic N) is 1. The zero-order valence-electron chi connectivity index (χ0n) is 15.9. The first-order valence-corrected chi connectivity index (χ1v) is 9.26. The van der Waals surface area contributed by atoms with E-state index in [0.29, 0.717) is 25.5 Å². The van der Waals surface area contributed by atoms with E-state index >= 15 is 0 Å². The zero-order chi connectivity index (χ0) is 19.5. The van der Waals surface area contributed by atoms with Crippen molar-refractivity contribution in [1.82, 2.24) is 10.6 Å². The third kappa shape index (κ3) is 7.48. The summed E-state index contributed by atoms with van der Waals surface area (Å²) in [5.74, 6) is 0.414. The highest BCUT2D eigenvalue weighted by molar-refractivity contribution is 5.90. The van der Waals surface area contributed by atoms with E-state index in [2.05, 4.69) is 20.9 Å². The van der Waals surface area contributed by atoms with E-state index in [1.165, 1.54) is 12.1 Å². The van der Waals surface area contributed by atoms with Gasteiger partial charge in [0.05, 0.1) is 6.54 Å². The molecule has 144 valence electrons. The second kappa shape index (κ2) is 11.0. The molecule has 0 saturated carbocycles. The Balaban J connectivity index is 1.96. The van der Waals surface area contributed by atoms with Crippen LogP contribution in [0.5, 0.6) is 0 Å². The molecule has 0 heterocycles. The highest BCUT2D eigenvalue weighted by Gasteiger charge is 2.03. The van der Waals surface area contributed by atoms with Crippen molar-refractivity contribution in [3.63, 3.8) is 0 Å². The predicted molar refractivity (Wildman–Crippen MR) is 108 cm³/mol. The molecule has 27 heavy (non-hydrogen) atoms. The lowest BCUT2D eigenvalue weighted by molar-refractivity contribution is -0.116. The number of halogens is 1. The molecule has 0 fully saturated rings. The fourth-order valence-corrected chi connectivity index (χ4v) is 2.54. The number of amides is 1. The van der Waals surface area contributed by atoms with Crippen LogP contribution in [0.25, 0.3) is 0 Å². The summed E-state index contributed by atoms with van der Waals surface area (Å²) in [6.07, 6.45) is 1.33. The maximum Gasteiger partial charge on any atom is 0.224 e. The number of aliphatic imine (C=N–C) groups is 1. The van der Waals surface area contributed by atoms with Crippen molar-refractivity contribution in [2.45, 2.75) is 39.8 Å². The van der Waals surface area contributed by atoms with E-state index in [9.17, 15) is 9.18 Å². The lowest BCUT2D eigenvalue weighted by Crippen LogP contribution is -2.36. The Morgan fingerprint density at radius 1 is 1.04 bits per heavy atom. The Labute approximate surface area is 160 Å². The second-order valence-electron chi connectivity index (χ2n) is 6.18. The van der Waals surface area contributed by atoms with Crippen molar-refractivity contribution in [3.8, 4) is 0 Å². The molecule has 0 saturated heterocycles. The van der Waals surface area contributed by atoms with Crippen LogP contribution in [0.4, 0.5) is 10.1 Å². The summed E-state index contributed by atoms with van der Waals surface area (Å²) in [7, 11) is 0. The Kier molecular flexibility index (Phi) is 8.29. The van der Waals surface area contributed by atoms with Gasteiger partial charge in [-0.3, -0.25) is 4.79 Å². The summed E-state index contributed by atoms with van der Waals surface area (Å²) in [6.45, 7) is 5.64. The van der Waals surface area contributed by atoms with Crippen molar-refractivity contribution >= 4 is 17.6 Å². The number of carbonyl (C=O) groups is 1. The third-order valence-electron chi connectivity index (χ3n) is 3.80. The Bertz CT molecular complexity index is 776. The maximum atomic E-state index is 13.3. The van der Waals surface area contributed by atoms with Crippen molar-refractivity contribution < 1.29 is 9.18 Å². The molecule has 0 aliphatic carbocycles. The second-order valence-corrected chi connectivity index (χ2v) is 6.18. The molecular formula is C21H27FN4O. The SMILES string of the molecule is CCCC(=O)Nc1cccc(CNC(=NCc2cccc(F)c2)NCC)c1. The van der Waals surface area contributed by atoms with Crippen LogP contribution in [-0.4, -0.2) is 18.4 Å². The molecule has 2 aromatic carbocycles. The fraction of sp³-hybridized carbons (Fsp3) is 0.333. The lowest BCUT2D eigenvalue weighted by atomic mass is 10.2. The molecule has 6 heteroatoms. The van der Waals surface area contributed by atoms with Crippen LogP contribution in [0.1, 0.15) is 37.8 Å². The Morgan fingerprint density at radius 3 is 2.56 bits per heavy atom. The average Bonchev–Trinajstić information content (AvgIpc) is 2.64. The van der Waals surface area contributed by atoms with Gasteiger partial charge in [0, 0.05) is 25.2 Å². The van der Waals surface area contributed by atoms with Crippen LogP contribution in [0.2, 0.25) is 0 Å². The van der Waals surface area contributed by atoms with Crippen molar-refractivity contribution in [1.29, 1.82) is 0 Å². The molecule has 0 atom stereocenters. The number of guanidine groups is 1. The Hall–Kier alpha value is -2.89. The standard InChI is InChI=1S/C21H27FN4O/c1-3-7-20(27)26-19-11-6-9-17(13-19)15-25-21(23-4-2)24-14-16-8-5-10-18(22)12-16/h5-6,8-13H,3-4,7,14-15H2,1-2H3,(H,26,27)(H2,23,24,25). The smallest absolute Gasteiger partial charge is 0.224 e. The predicted octanol–water partition coefficient (Wildman–Crippen LogP) is 3.82. The summed E-state index contributed by atoms with van der Waals surface area (Å²) in [5, 5.41) is 9.34. The summed E-state index contributed by atoms with van der Waals surface area (Å²) in [5.41, 5.74) is 2.63. The molecule has 2 rings (SSSR count). The molecule has 3 N–H and O–H groups in total. The van der Waals surface area contributed by atoms with Gasteiger partial charge in [0.1, 0.15) is 5.82 Å². The molecule has 0 radical (unpaired) electrons. The van der Waals surface area contributed by atoms with Gasteiger partial charge < -0.3 is 16.0 Å². The van der Waals surface area contributed by atoms with Gasteiger partial charge in [0.2, 0.25) is 5.91 Å². The molecule has 0 aliphatic rings. The molecule has 0 aliphatic heterocycles. The monoisotopic (exact) mass is 370 g/mol. The minimum absolute atomic E-state index is 0.0209. The highest BCUT2D eigenvalue weighted by atomic mass is 19.1. The van der Waals surface area contributed by atoms with Crippen LogP contribution >= 0.6 is 0 Å². The van der Waals surface area contributed by atoms with Gasteiger partial charge in [-0.05, 0) is 48.7 Å². The van der Waals surface area contributed by atoms with Gasteiger partial charge in [-0.2, -0.15) is 0 Å². The summed E-state index contributed by atoms with van der Waals surface area (Å²) < 4.78 is 13.3. The topological polar surface area (TPSA) is 65.5 Å². The molecule has 2 aromatic rings. The fourth-order valence-electron chi connectivity index (χ4n) is 2.54. The largest absolute Gasteiger partial charge is 0.357 e. The third-order valence-corrected chi connectivity index (χ3v) is 3.80. The molecule has 1 amide bonds. The first-order valence-electron chi connectivity index (χ1n) is 9.26. The van der Waals surface area contributed by atoms with E-state index < -0.39 is 0 Å². The maximum absolute atomic E-state index is 13.3. The van der Waals surface area contributed by atoms with Crippen LogP contribution in [0, 0.1) is 5.82 Å². The van der Waals surface area contributed by atoms with Crippen LogP contribution < -0.4 is 16.0 Å². The van der Waals surface area contributed by atoms with Crippen molar-refractivity contribution in [2.24, 2.45) is 4.99 Å². The molecule has 0 unspecified atom stereocenters. The molecule has 0 bridgehead atoms. The number of benzene rings is 2. The zero-order valence-corrected chi connectivity index (χ0v) is 15.9. The van der Waals surface area contributed by atoms with Crippen LogP contribution in [-0.2, 0) is 17.9 Å². The number of carbonyl (C=O) groups excluding carboxylic acids is 1. The minimum Gasteiger partial charge on any atom is -0.357 e. The number of nitrogens with one attached hydrogen (secondary N) is 3. The van der Waals surface area contributed by atoms with Crippen LogP contribution in [0.3, 0.4) is 0 Å². The number of rotatable bonds is 8. The minimum atomic E-state index is -0.261. The van der Waals surface area contributed by atoms with E-state index in [-0.39, 0.29) is 11.7 Å². The molecular weight excluding hydrogens is 343 g/mol. The molecule has 5 nitrogen and oxygen atoms in total. The normalized spacial score (nSPS) is 11.1. The van der Waals surface area contributed by atoms with Gasteiger partial charge in [0.25, 0.3) is 0 Å². The quantitative estimate of drug-likeness (QED) is 0.489. The van der Waals surface area contributed by atoms with Gasteiger partial charge in [-0.15, -0.1) is 0 Å². The van der Waals surface area contributed by atoms with Gasteiger partial charge in [-0.25, -0.2) is 9.38 Å². The van der Waals surface area contributed by atoms with Crippen molar-refractivity contribution in [2.75, 3.05) is 11.9 Å².